The molecule has 4 nitrogen and oxygen atoms in total. The number of oxime groups is 1. The van der Waals surface area contributed by atoms with Gasteiger partial charge in [0.25, 0.3) is 5.91 Å². The van der Waals surface area contributed by atoms with Crippen LogP contribution in [-0.2, 0) is 9.63 Å². The lowest BCUT2D eigenvalue weighted by Gasteiger charge is -2.08. The zero-order chi connectivity index (χ0) is 15.8. The lowest BCUT2D eigenvalue weighted by molar-refractivity contribution is -0.114. The Kier molecular flexibility index (Phi) is 5.49. The van der Waals surface area contributed by atoms with E-state index in [0.29, 0.717) is 0 Å². The molecule has 1 N–H and O–H groups in total. The van der Waals surface area contributed by atoms with Gasteiger partial charge >= 0.3 is 0 Å². The van der Waals surface area contributed by atoms with E-state index in [0.717, 1.165) is 16.7 Å². The fourth-order valence-corrected chi connectivity index (χ4v) is 2.03. The Bertz CT molecular complexity index is 691. The van der Waals surface area contributed by atoms with Gasteiger partial charge in [0.2, 0.25) is 0 Å². The number of carbonyl (C=O) groups excluding carboxylic acids is 1. The second-order valence-electron chi connectivity index (χ2n) is 4.53. The quantitative estimate of drug-likeness (QED) is 0.523. The van der Waals surface area contributed by atoms with Crippen LogP contribution in [0.5, 0.6) is 0 Å². The lowest BCUT2D eigenvalue weighted by atomic mass is 10.0. The molecule has 0 fully saturated rings. The van der Waals surface area contributed by atoms with E-state index in [4.69, 9.17) is 4.84 Å². The van der Waals surface area contributed by atoms with Crippen LogP contribution < -0.4 is 5.32 Å². The Morgan fingerprint density at radius 1 is 1.05 bits per heavy atom. The van der Waals surface area contributed by atoms with Gasteiger partial charge in [0.1, 0.15) is 7.11 Å². The molecule has 0 aliphatic heterocycles. The first kappa shape index (κ1) is 15.5. The summed E-state index contributed by atoms with van der Waals surface area (Å²) in [4.78, 5) is 16.8. The van der Waals surface area contributed by atoms with Gasteiger partial charge in [0.15, 0.2) is 5.71 Å². The van der Waals surface area contributed by atoms with Crippen LogP contribution >= 0.6 is 0 Å². The van der Waals surface area contributed by atoms with Crippen molar-refractivity contribution in [3.63, 3.8) is 0 Å². The molecule has 2 rings (SSSR count). The second kappa shape index (κ2) is 7.78. The van der Waals surface area contributed by atoms with E-state index in [-0.39, 0.29) is 11.6 Å². The van der Waals surface area contributed by atoms with E-state index in [2.05, 4.69) is 10.5 Å². The van der Waals surface area contributed by atoms with E-state index in [1.54, 1.807) is 7.05 Å². The lowest BCUT2D eigenvalue weighted by Crippen LogP contribution is -2.29. The Morgan fingerprint density at radius 3 is 2.41 bits per heavy atom. The van der Waals surface area contributed by atoms with Crippen LogP contribution in [0.4, 0.5) is 0 Å². The zero-order valence-electron chi connectivity index (χ0n) is 12.6. The zero-order valence-corrected chi connectivity index (χ0v) is 12.6. The molecule has 0 atom stereocenters. The summed E-state index contributed by atoms with van der Waals surface area (Å²) < 4.78 is 0. The monoisotopic (exact) mass is 294 g/mol. The van der Waals surface area contributed by atoms with Crippen LogP contribution in [-0.4, -0.2) is 25.8 Å². The van der Waals surface area contributed by atoms with Crippen LogP contribution in [0.3, 0.4) is 0 Å². The van der Waals surface area contributed by atoms with Crippen LogP contribution in [0.2, 0.25) is 0 Å². The molecule has 1 amide bonds. The van der Waals surface area contributed by atoms with Crippen molar-refractivity contribution in [2.24, 2.45) is 5.16 Å². The molecule has 4 heteroatoms. The van der Waals surface area contributed by atoms with Crippen molar-refractivity contribution in [1.29, 1.82) is 0 Å². The summed E-state index contributed by atoms with van der Waals surface area (Å²) in [7, 11) is 2.99. The number of likely N-dealkylation sites (N-methyl/N-ethyl adjacent to an activating group) is 1. The first-order valence-corrected chi connectivity index (χ1v) is 6.92. The van der Waals surface area contributed by atoms with Crippen LogP contribution in [0.25, 0.3) is 12.2 Å². The van der Waals surface area contributed by atoms with Gasteiger partial charge in [-0.25, -0.2) is 0 Å². The normalized spacial score (nSPS) is 11.5. The molecule has 0 heterocycles. The molecule has 0 spiro atoms. The number of carbonyl (C=O) groups is 1. The molecule has 0 saturated carbocycles. The van der Waals surface area contributed by atoms with Crippen molar-refractivity contribution in [3.05, 3.63) is 71.3 Å². The van der Waals surface area contributed by atoms with E-state index < -0.39 is 0 Å². The summed E-state index contributed by atoms with van der Waals surface area (Å²) in [5.41, 5.74) is 2.95. The summed E-state index contributed by atoms with van der Waals surface area (Å²) in [5.74, 6) is -0.289. The second-order valence-corrected chi connectivity index (χ2v) is 4.53. The molecule has 2 aromatic rings. The molecule has 0 aromatic heterocycles. The molecule has 0 unspecified atom stereocenters. The van der Waals surface area contributed by atoms with Gasteiger partial charge in [0, 0.05) is 12.6 Å². The number of benzene rings is 2. The average Bonchev–Trinajstić information content (AvgIpc) is 2.58. The fourth-order valence-electron chi connectivity index (χ4n) is 2.03. The third-order valence-corrected chi connectivity index (χ3v) is 3.10. The molecule has 0 aliphatic carbocycles. The van der Waals surface area contributed by atoms with Crippen molar-refractivity contribution in [2.75, 3.05) is 14.2 Å². The van der Waals surface area contributed by atoms with Gasteiger partial charge in [-0.05, 0) is 11.1 Å². The highest BCUT2D eigenvalue weighted by Gasteiger charge is 2.15. The summed E-state index contributed by atoms with van der Waals surface area (Å²) in [6.07, 6.45) is 3.95. The Balaban J connectivity index is 2.40. The minimum absolute atomic E-state index is 0.248. The van der Waals surface area contributed by atoms with Crippen LogP contribution in [0.15, 0.2) is 59.8 Å². The maximum absolute atomic E-state index is 12.0. The Morgan fingerprint density at radius 2 is 1.73 bits per heavy atom. The van der Waals surface area contributed by atoms with Gasteiger partial charge in [0.05, 0.1) is 0 Å². The number of amides is 1. The van der Waals surface area contributed by atoms with Crippen molar-refractivity contribution in [1.82, 2.24) is 5.32 Å². The minimum atomic E-state index is -0.289. The summed E-state index contributed by atoms with van der Waals surface area (Å²) >= 11 is 0. The smallest absolute Gasteiger partial charge is 0.273 e. The molecule has 2 aromatic carbocycles. The number of nitrogens with one attached hydrogen (secondary N) is 1. The Hall–Kier alpha value is -2.88. The highest BCUT2D eigenvalue weighted by molar-refractivity contribution is 6.45. The van der Waals surface area contributed by atoms with Gasteiger partial charge in [-0.1, -0.05) is 71.9 Å². The van der Waals surface area contributed by atoms with Crippen molar-refractivity contribution >= 4 is 23.8 Å². The Labute approximate surface area is 130 Å². The van der Waals surface area contributed by atoms with E-state index >= 15 is 0 Å². The minimum Gasteiger partial charge on any atom is -0.398 e. The van der Waals surface area contributed by atoms with E-state index in [1.165, 1.54) is 7.11 Å². The van der Waals surface area contributed by atoms with E-state index in [1.807, 2.05) is 66.7 Å². The predicted octanol–water partition coefficient (Wildman–Crippen LogP) is 2.95. The van der Waals surface area contributed by atoms with Crippen molar-refractivity contribution < 1.29 is 9.63 Å². The molecule has 0 bridgehead atoms. The topological polar surface area (TPSA) is 50.7 Å². The molecular weight excluding hydrogens is 276 g/mol. The summed E-state index contributed by atoms with van der Waals surface area (Å²) in [5, 5.41) is 6.43. The average molecular weight is 294 g/mol. The van der Waals surface area contributed by atoms with E-state index in [9.17, 15) is 4.79 Å². The highest BCUT2D eigenvalue weighted by atomic mass is 16.6. The van der Waals surface area contributed by atoms with Gasteiger partial charge in [-0.3, -0.25) is 4.79 Å². The fraction of sp³-hybridized carbons (Fsp3) is 0.111. The molecular formula is C18H18N2O2. The largest absolute Gasteiger partial charge is 0.398 e. The summed E-state index contributed by atoms with van der Waals surface area (Å²) in [6, 6.07) is 17.5. The maximum Gasteiger partial charge on any atom is 0.273 e. The van der Waals surface area contributed by atoms with Gasteiger partial charge in [-0.2, -0.15) is 0 Å². The van der Waals surface area contributed by atoms with Crippen molar-refractivity contribution in [2.45, 2.75) is 0 Å². The molecule has 0 aliphatic rings. The van der Waals surface area contributed by atoms with Crippen LogP contribution in [0.1, 0.15) is 16.7 Å². The number of hydrogen-bond acceptors (Lipinski definition) is 3. The number of hydrogen-bond donors (Lipinski definition) is 1. The molecule has 22 heavy (non-hydrogen) atoms. The third-order valence-electron chi connectivity index (χ3n) is 3.10. The first-order chi connectivity index (χ1) is 10.8. The third kappa shape index (κ3) is 3.82. The number of rotatable bonds is 5. The highest BCUT2D eigenvalue weighted by Crippen LogP contribution is 2.15. The van der Waals surface area contributed by atoms with Gasteiger partial charge < -0.3 is 10.2 Å². The molecule has 0 radical (unpaired) electrons. The maximum atomic E-state index is 12.0. The van der Waals surface area contributed by atoms with Crippen molar-refractivity contribution in [3.8, 4) is 0 Å². The standard InChI is InChI=1S/C18H18N2O2/c1-19-18(21)17(20-22-2)16-11-7-6-10-15(16)13-12-14-8-4-3-5-9-14/h3-13H,1-2H3,(H,19,21)/b13-12-,20-17?. The molecule has 112 valence electrons. The van der Waals surface area contributed by atoms with Gasteiger partial charge in [-0.15, -0.1) is 0 Å². The van der Waals surface area contributed by atoms with Crippen LogP contribution in [0, 0.1) is 0 Å². The molecule has 0 saturated heterocycles. The SMILES string of the molecule is CNC(=O)C(=NOC)c1ccccc1/C=C\c1ccccc1. The number of nitrogens with zero attached hydrogens (tertiary/aromatic N) is 1. The summed E-state index contributed by atoms with van der Waals surface area (Å²) in [6.45, 7) is 0. The first-order valence-electron chi connectivity index (χ1n) is 6.92. The predicted molar refractivity (Wildman–Crippen MR) is 89.4 cm³/mol.